The van der Waals surface area contributed by atoms with Crippen molar-refractivity contribution in [1.29, 1.82) is 0 Å². The second kappa shape index (κ2) is 6.30. The molecule has 20 heavy (non-hydrogen) atoms. The maximum atomic E-state index is 13.7. The Morgan fingerprint density at radius 3 is 2.50 bits per heavy atom. The van der Waals surface area contributed by atoms with Crippen LogP contribution in [-0.4, -0.2) is 4.92 Å². The van der Waals surface area contributed by atoms with Crippen LogP contribution in [0.4, 0.5) is 4.39 Å². The van der Waals surface area contributed by atoms with Gasteiger partial charge in [-0.1, -0.05) is 48.0 Å². The monoisotopic (exact) mass is 291 g/mol. The van der Waals surface area contributed by atoms with Crippen molar-refractivity contribution in [1.82, 2.24) is 0 Å². The SMILES string of the molecule is O=[N+]([O-])C(=Cc1c(F)cccc1Cl)Cc1ccccc1. The third kappa shape index (κ3) is 3.42. The van der Waals surface area contributed by atoms with Gasteiger partial charge in [-0.3, -0.25) is 10.1 Å². The van der Waals surface area contributed by atoms with Crippen LogP contribution in [0, 0.1) is 15.9 Å². The topological polar surface area (TPSA) is 43.1 Å². The van der Waals surface area contributed by atoms with E-state index in [1.54, 1.807) is 24.3 Å². The average Bonchev–Trinajstić information content (AvgIpc) is 2.42. The van der Waals surface area contributed by atoms with Crippen molar-refractivity contribution in [3.05, 3.63) is 86.3 Å². The van der Waals surface area contributed by atoms with E-state index in [9.17, 15) is 14.5 Å². The van der Waals surface area contributed by atoms with Crippen molar-refractivity contribution in [2.45, 2.75) is 6.42 Å². The standard InChI is InChI=1S/C15H11ClFNO2/c16-14-7-4-8-15(17)13(14)10-12(18(19)20)9-11-5-2-1-3-6-11/h1-8,10H,9H2. The van der Waals surface area contributed by atoms with Gasteiger partial charge < -0.3 is 0 Å². The van der Waals surface area contributed by atoms with Gasteiger partial charge in [-0.05, 0) is 17.7 Å². The number of rotatable bonds is 4. The van der Waals surface area contributed by atoms with Crippen molar-refractivity contribution in [2.75, 3.05) is 0 Å². The highest BCUT2D eigenvalue weighted by Crippen LogP contribution is 2.23. The summed E-state index contributed by atoms with van der Waals surface area (Å²) in [7, 11) is 0. The van der Waals surface area contributed by atoms with Gasteiger partial charge in [0.1, 0.15) is 5.82 Å². The highest BCUT2D eigenvalue weighted by atomic mass is 35.5. The largest absolute Gasteiger partial charge is 0.259 e. The summed E-state index contributed by atoms with van der Waals surface area (Å²) < 4.78 is 13.7. The second-order valence-corrected chi connectivity index (χ2v) is 4.60. The Kier molecular flexibility index (Phi) is 4.48. The first-order chi connectivity index (χ1) is 9.58. The zero-order chi connectivity index (χ0) is 14.5. The molecule has 0 unspecified atom stereocenters. The number of allylic oxidation sites excluding steroid dienone is 1. The molecule has 2 aromatic rings. The zero-order valence-electron chi connectivity index (χ0n) is 10.4. The minimum atomic E-state index is -0.579. The van der Waals surface area contributed by atoms with Gasteiger partial charge in [-0.15, -0.1) is 0 Å². The van der Waals surface area contributed by atoms with Gasteiger partial charge in [0.2, 0.25) is 0 Å². The molecule has 102 valence electrons. The molecule has 0 aliphatic heterocycles. The smallest absolute Gasteiger partial charge is 0.251 e. The molecule has 0 aromatic heterocycles. The molecule has 0 N–H and O–H groups in total. The molecular weight excluding hydrogens is 281 g/mol. The first kappa shape index (κ1) is 14.2. The highest BCUT2D eigenvalue weighted by molar-refractivity contribution is 6.32. The van der Waals surface area contributed by atoms with E-state index in [0.717, 1.165) is 5.56 Å². The number of halogens is 2. The maximum absolute atomic E-state index is 13.7. The van der Waals surface area contributed by atoms with Crippen molar-refractivity contribution in [3.8, 4) is 0 Å². The predicted octanol–water partition coefficient (Wildman–Crippen LogP) is 4.34. The Hall–Kier alpha value is -2.20. The van der Waals surface area contributed by atoms with E-state index < -0.39 is 10.7 Å². The quantitative estimate of drug-likeness (QED) is 0.621. The van der Waals surface area contributed by atoms with Crippen molar-refractivity contribution >= 4 is 17.7 Å². The van der Waals surface area contributed by atoms with E-state index in [0.29, 0.717) is 0 Å². The molecule has 0 bridgehead atoms. The van der Waals surface area contributed by atoms with Gasteiger partial charge in [-0.25, -0.2) is 4.39 Å². The van der Waals surface area contributed by atoms with Gasteiger partial charge in [0.05, 0.1) is 16.4 Å². The van der Waals surface area contributed by atoms with E-state index in [2.05, 4.69) is 0 Å². The fourth-order valence-corrected chi connectivity index (χ4v) is 2.01. The maximum Gasteiger partial charge on any atom is 0.251 e. The number of nitro groups is 1. The summed E-state index contributed by atoms with van der Waals surface area (Å²) in [5.74, 6) is -0.579. The number of hydrogen-bond donors (Lipinski definition) is 0. The molecule has 0 spiro atoms. The lowest BCUT2D eigenvalue weighted by molar-refractivity contribution is -0.425. The van der Waals surface area contributed by atoms with Crippen LogP contribution in [0.3, 0.4) is 0 Å². The minimum absolute atomic E-state index is 0.0387. The summed E-state index contributed by atoms with van der Waals surface area (Å²) in [6.07, 6.45) is 1.29. The van der Waals surface area contributed by atoms with Gasteiger partial charge in [0, 0.05) is 11.6 Å². The minimum Gasteiger partial charge on any atom is -0.259 e. The van der Waals surface area contributed by atoms with Crippen LogP contribution in [0.25, 0.3) is 6.08 Å². The molecule has 3 nitrogen and oxygen atoms in total. The van der Waals surface area contributed by atoms with E-state index in [4.69, 9.17) is 11.6 Å². The first-order valence-corrected chi connectivity index (χ1v) is 6.28. The third-order valence-corrected chi connectivity index (χ3v) is 3.10. The fourth-order valence-electron chi connectivity index (χ4n) is 1.79. The lowest BCUT2D eigenvalue weighted by atomic mass is 10.1. The van der Waals surface area contributed by atoms with E-state index in [1.165, 1.54) is 24.3 Å². The van der Waals surface area contributed by atoms with Crippen LogP contribution in [0.2, 0.25) is 5.02 Å². The van der Waals surface area contributed by atoms with Crippen molar-refractivity contribution < 1.29 is 9.31 Å². The van der Waals surface area contributed by atoms with Crippen LogP contribution in [0.5, 0.6) is 0 Å². The average molecular weight is 292 g/mol. The van der Waals surface area contributed by atoms with Gasteiger partial charge in [0.15, 0.2) is 0 Å². The molecule has 0 aliphatic rings. The Morgan fingerprint density at radius 1 is 1.20 bits per heavy atom. The van der Waals surface area contributed by atoms with Crippen molar-refractivity contribution in [2.24, 2.45) is 0 Å². The summed E-state index contributed by atoms with van der Waals surface area (Å²) in [6, 6.07) is 13.1. The Bertz CT molecular complexity index is 636. The number of nitrogens with zero attached hydrogens (tertiary/aromatic N) is 1. The predicted molar refractivity (Wildman–Crippen MR) is 76.5 cm³/mol. The fraction of sp³-hybridized carbons (Fsp3) is 0.0667. The van der Waals surface area contributed by atoms with Crippen LogP contribution in [0.1, 0.15) is 11.1 Å². The molecule has 5 heteroatoms. The van der Waals surface area contributed by atoms with Crippen LogP contribution in [0.15, 0.2) is 54.2 Å². The second-order valence-electron chi connectivity index (χ2n) is 4.19. The summed E-state index contributed by atoms with van der Waals surface area (Å²) in [6.45, 7) is 0. The highest BCUT2D eigenvalue weighted by Gasteiger charge is 2.15. The number of hydrogen-bond acceptors (Lipinski definition) is 2. The van der Waals surface area contributed by atoms with Crippen LogP contribution < -0.4 is 0 Å². The van der Waals surface area contributed by atoms with E-state index in [-0.39, 0.29) is 22.7 Å². The Morgan fingerprint density at radius 2 is 1.90 bits per heavy atom. The van der Waals surface area contributed by atoms with E-state index >= 15 is 0 Å². The molecule has 0 saturated heterocycles. The normalized spacial score (nSPS) is 11.4. The van der Waals surface area contributed by atoms with Crippen LogP contribution in [-0.2, 0) is 6.42 Å². The molecule has 0 fully saturated rings. The summed E-state index contributed by atoms with van der Waals surface area (Å²) in [5, 5.41) is 11.3. The first-order valence-electron chi connectivity index (χ1n) is 5.91. The molecule has 0 radical (unpaired) electrons. The Balaban J connectivity index is 2.38. The molecule has 0 atom stereocenters. The van der Waals surface area contributed by atoms with E-state index in [1.807, 2.05) is 6.07 Å². The molecule has 0 saturated carbocycles. The summed E-state index contributed by atoms with van der Waals surface area (Å²) >= 11 is 5.87. The van der Waals surface area contributed by atoms with Crippen molar-refractivity contribution in [3.63, 3.8) is 0 Å². The molecule has 2 rings (SSSR count). The molecule has 0 amide bonds. The third-order valence-electron chi connectivity index (χ3n) is 2.77. The zero-order valence-corrected chi connectivity index (χ0v) is 11.2. The molecule has 0 heterocycles. The molecule has 0 aliphatic carbocycles. The Labute approximate surface area is 120 Å². The molecular formula is C15H11ClFNO2. The number of benzene rings is 2. The van der Waals surface area contributed by atoms with Gasteiger partial charge in [-0.2, -0.15) is 0 Å². The van der Waals surface area contributed by atoms with Crippen LogP contribution >= 0.6 is 11.6 Å². The van der Waals surface area contributed by atoms with Gasteiger partial charge >= 0.3 is 0 Å². The summed E-state index contributed by atoms with van der Waals surface area (Å²) in [4.78, 5) is 10.6. The molecule has 2 aromatic carbocycles. The summed E-state index contributed by atoms with van der Waals surface area (Å²) in [5.41, 5.74) is 0.711. The lowest BCUT2D eigenvalue weighted by Crippen LogP contribution is -2.03. The lowest BCUT2D eigenvalue weighted by Gasteiger charge is -2.02. The van der Waals surface area contributed by atoms with Gasteiger partial charge in [0.25, 0.3) is 5.70 Å².